The van der Waals surface area contributed by atoms with Crippen LogP contribution in [0, 0.1) is 6.92 Å². The summed E-state index contributed by atoms with van der Waals surface area (Å²) in [7, 11) is 0. The third-order valence-corrected chi connectivity index (χ3v) is 7.26. The monoisotopic (exact) mass is 507 g/mol. The van der Waals surface area contributed by atoms with Crippen LogP contribution in [-0.2, 0) is 0 Å². The standard InChI is InChI=1S/C30H26ClN5O/c1-21-11-13-23(14-12-21)36-19-25(22-7-3-2-4-8-22)27-28(32-20-33-29(27)36)34-15-17-35(18-16-34)30(37)24-9-5-6-10-26(24)31/h2-14,19-20H,15-18H2,1H3. The van der Waals surface area contributed by atoms with Crippen LogP contribution >= 0.6 is 11.6 Å². The summed E-state index contributed by atoms with van der Waals surface area (Å²) in [6.45, 7) is 4.62. The number of piperazine rings is 1. The Labute approximate surface area is 220 Å². The molecule has 1 fully saturated rings. The van der Waals surface area contributed by atoms with Crippen molar-refractivity contribution in [2.45, 2.75) is 6.92 Å². The molecule has 7 heteroatoms. The second kappa shape index (κ2) is 9.71. The minimum absolute atomic E-state index is 0.0337. The molecule has 3 aromatic carbocycles. The van der Waals surface area contributed by atoms with Crippen molar-refractivity contribution in [3.8, 4) is 16.8 Å². The highest BCUT2D eigenvalue weighted by Crippen LogP contribution is 2.37. The molecule has 2 aromatic heterocycles. The van der Waals surface area contributed by atoms with Gasteiger partial charge in [-0.25, -0.2) is 9.97 Å². The average molecular weight is 508 g/mol. The topological polar surface area (TPSA) is 54.3 Å². The second-order valence-corrected chi connectivity index (χ2v) is 9.68. The zero-order valence-electron chi connectivity index (χ0n) is 20.5. The van der Waals surface area contributed by atoms with Crippen LogP contribution in [0.3, 0.4) is 0 Å². The van der Waals surface area contributed by atoms with Gasteiger partial charge in [0, 0.05) is 43.6 Å². The van der Waals surface area contributed by atoms with E-state index < -0.39 is 0 Å². The second-order valence-electron chi connectivity index (χ2n) is 9.27. The minimum atomic E-state index is -0.0337. The number of hydrogen-bond acceptors (Lipinski definition) is 4. The van der Waals surface area contributed by atoms with Gasteiger partial charge in [-0.1, -0.05) is 71.8 Å². The molecule has 5 aromatic rings. The fraction of sp³-hybridized carbons (Fsp3) is 0.167. The fourth-order valence-electron chi connectivity index (χ4n) is 4.95. The third kappa shape index (κ3) is 4.34. The smallest absolute Gasteiger partial charge is 0.255 e. The number of nitrogens with zero attached hydrogens (tertiary/aromatic N) is 5. The van der Waals surface area contributed by atoms with Crippen LogP contribution in [-0.4, -0.2) is 51.5 Å². The van der Waals surface area contributed by atoms with Crippen molar-refractivity contribution in [2.75, 3.05) is 31.1 Å². The van der Waals surface area contributed by atoms with Crippen molar-refractivity contribution in [2.24, 2.45) is 0 Å². The number of carbonyl (C=O) groups is 1. The zero-order chi connectivity index (χ0) is 25.4. The molecule has 1 aliphatic rings. The SMILES string of the molecule is Cc1ccc(-n2cc(-c3ccccc3)c3c(N4CCN(C(=O)c5ccccc5Cl)CC4)ncnc32)cc1. The molecular formula is C30H26ClN5O. The number of aromatic nitrogens is 3. The Morgan fingerprint density at radius 2 is 1.54 bits per heavy atom. The van der Waals surface area contributed by atoms with Crippen LogP contribution in [0.4, 0.5) is 5.82 Å². The Kier molecular flexibility index (Phi) is 6.10. The lowest BCUT2D eigenvalue weighted by Crippen LogP contribution is -2.49. The van der Waals surface area contributed by atoms with Crippen molar-refractivity contribution in [1.82, 2.24) is 19.4 Å². The van der Waals surface area contributed by atoms with Gasteiger partial charge in [0.2, 0.25) is 0 Å². The lowest BCUT2D eigenvalue weighted by atomic mass is 10.1. The van der Waals surface area contributed by atoms with Gasteiger partial charge >= 0.3 is 0 Å². The van der Waals surface area contributed by atoms with Crippen LogP contribution in [0.15, 0.2) is 91.4 Å². The van der Waals surface area contributed by atoms with Crippen molar-refractivity contribution >= 4 is 34.4 Å². The van der Waals surface area contributed by atoms with E-state index in [4.69, 9.17) is 21.6 Å². The van der Waals surface area contributed by atoms with Crippen LogP contribution in [0.2, 0.25) is 5.02 Å². The van der Waals surface area contributed by atoms with Crippen molar-refractivity contribution in [3.05, 3.63) is 108 Å². The van der Waals surface area contributed by atoms with E-state index in [2.05, 4.69) is 59.0 Å². The summed E-state index contributed by atoms with van der Waals surface area (Å²) in [5, 5.41) is 1.50. The zero-order valence-corrected chi connectivity index (χ0v) is 21.3. The Balaban J connectivity index is 1.38. The molecule has 1 saturated heterocycles. The fourth-order valence-corrected chi connectivity index (χ4v) is 5.17. The predicted octanol–water partition coefficient (Wildman–Crippen LogP) is 6.01. The van der Waals surface area contributed by atoms with E-state index in [-0.39, 0.29) is 5.91 Å². The first-order valence-electron chi connectivity index (χ1n) is 12.4. The Hall–Kier alpha value is -4.16. The highest BCUT2D eigenvalue weighted by molar-refractivity contribution is 6.33. The molecule has 0 radical (unpaired) electrons. The minimum Gasteiger partial charge on any atom is -0.352 e. The Morgan fingerprint density at radius 1 is 0.838 bits per heavy atom. The molecule has 0 aliphatic carbocycles. The molecule has 0 unspecified atom stereocenters. The molecule has 6 rings (SSSR count). The van der Waals surface area contributed by atoms with Gasteiger partial charge in [-0.2, -0.15) is 0 Å². The maximum atomic E-state index is 13.1. The quantitative estimate of drug-likeness (QED) is 0.299. The van der Waals surface area contributed by atoms with E-state index in [0.29, 0.717) is 36.8 Å². The number of fused-ring (bicyclic) bond motifs is 1. The molecule has 0 N–H and O–H groups in total. The largest absolute Gasteiger partial charge is 0.352 e. The lowest BCUT2D eigenvalue weighted by Gasteiger charge is -2.35. The van der Waals surface area contributed by atoms with Crippen molar-refractivity contribution in [3.63, 3.8) is 0 Å². The Morgan fingerprint density at radius 3 is 2.27 bits per heavy atom. The number of hydrogen-bond donors (Lipinski definition) is 0. The summed E-state index contributed by atoms with van der Waals surface area (Å²) in [5.41, 5.74) is 5.87. The summed E-state index contributed by atoms with van der Waals surface area (Å²) >= 11 is 6.29. The van der Waals surface area contributed by atoms with Crippen LogP contribution < -0.4 is 4.90 Å². The predicted molar refractivity (Wildman–Crippen MR) is 149 cm³/mol. The first kappa shape index (κ1) is 23.3. The molecule has 37 heavy (non-hydrogen) atoms. The molecule has 1 amide bonds. The third-order valence-electron chi connectivity index (χ3n) is 6.93. The van der Waals surface area contributed by atoms with Gasteiger partial charge in [-0.15, -0.1) is 0 Å². The lowest BCUT2D eigenvalue weighted by molar-refractivity contribution is 0.0747. The van der Waals surface area contributed by atoms with Crippen LogP contribution in [0.5, 0.6) is 0 Å². The maximum Gasteiger partial charge on any atom is 0.255 e. The number of aryl methyl sites for hydroxylation is 1. The highest BCUT2D eigenvalue weighted by Gasteiger charge is 2.27. The van der Waals surface area contributed by atoms with Crippen LogP contribution in [0.25, 0.3) is 27.8 Å². The Bertz CT molecular complexity index is 1570. The van der Waals surface area contributed by atoms with Gasteiger partial charge in [-0.05, 0) is 36.8 Å². The molecule has 1 aliphatic heterocycles. The molecule has 0 bridgehead atoms. The first-order chi connectivity index (χ1) is 18.1. The van der Waals surface area contributed by atoms with Crippen molar-refractivity contribution in [1.29, 1.82) is 0 Å². The molecule has 184 valence electrons. The molecule has 0 spiro atoms. The van der Waals surface area contributed by atoms with Gasteiger partial charge < -0.3 is 14.4 Å². The highest BCUT2D eigenvalue weighted by atomic mass is 35.5. The summed E-state index contributed by atoms with van der Waals surface area (Å²) in [5.74, 6) is 0.855. The summed E-state index contributed by atoms with van der Waals surface area (Å²) in [6.07, 6.45) is 3.79. The van der Waals surface area contributed by atoms with Gasteiger partial charge in [0.25, 0.3) is 5.91 Å². The van der Waals surface area contributed by atoms with Crippen LogP contribution in [0.1, 0.15) is 15.9 Å². The first-order valence-corrected chi connectivity index (χ1v) is 12.8. The molecule has 3 heterocycles. The average Bonchev–Trinajstić information content (AvgIpc) is 3.34. The van der Waals surface area contributed by atoms with E-state index in [9.17, 15) is 4.79 Å². The maximum absolute atomic E-state index is 13.1. The molecule has 6 nitrogen and oxygen atoms in total. The van der Waals surface area contributed by atoms with Gasteiger partial charge in [-0.3, -0.25) is 4.79 Å². The summed E-state index contributed by atoms with van der Waals surface area (Å²) in [4.78, 5) is 26.7. The van der Waals surface area contributed by atoms with E-state index in [0.717, 1.165) is 33.7 Å². The number of anilines is 1. The van der Waals surface area contributed by atoms with E-state index in [1.54, 1.807) is 18.5 Å². The molecule has 0 saturated carbocycles. The van der Waals surface area contributed by atoms with E-state index in [1.165, 1.54) is 5.56 Å². The van der Waals surface area contributed by atoms with E-state index in [1.807, 2.05) is 35.2 Å². The van der Waals surface area contributed by atoms with Gasteiger partial charge in [0.15, 0.2) is 5.65 Å². The summed E-state index contributed by atoms with van der Waals surface area (Å²) < 4.78 is 2.14. The number of halogens is 1. The number of benzene rings is 3. The molecule has 0 atom stereocenters. The number of carbonyl (C=O) groups excluding carboxylic acids is 1. The van der Waals surface area contributed by atoms with Gasteiger partial charge in [0.05, 0.1) is 16.0 Å². The number of rotatable bonds is 4. The number of amides is 1. The molecular weight excluding hydrogens is 482 g/mol. The summed E-state index contributed by atoms with van der Waals surface area (Å²) in [6, 6.07) is 26.0. The van der Waals surface area contributed by atoms with E-state index >= 15 is 0 Å². The van der Waals surface area contributed by atoms with Crippen molar-refractivity contribution < 1.29 is 4.79 Å². The van der Waals surface area contributed by atoms with Gasteiger partial charge in [0.1, 0.15) is 12.1 Å². The normalized spacial score (nSPS) is 13.8.